The van der Waals surface area contributed by atoms with Crippen molar-refractivity contribution < 1.29 is 14.1 Å². The second-order valence-corrected chi connectivity index (χ2v) is 5.63. The van der Waals surface area contributed by atoms with Gasteiger partial charge in [-0.1, -0.05) is 25.9 Å². The van der Waals surface area contributed by atoms with E-state index in [4.69, 9.17) is 4.52 Å². The Bertz CT molecular complexity index is 485. The van der Waals surface area contributed by atoms with Crippen molar-refractivity contribution in [3.05, 3.63) is 11.7 Å². The van der Waals surface area contributed by atoms with Crippen LogP contribution in [0.15, 0.2) is 4.52 Å². The zero-order valence-electron chi connectivity index (χ0n) is 13.8. The van der Waals surface area contributed by atoms with E-state index < -0.39 is 6.04 Å². The minimum atomic E-state index is -0.519. The Labute approximate surface area is 131 Å². The molecule has 1 aromatic rings. The monoisotopic (exact) mass is 310 g/mol. The first-order valence-electron chi connectivity index (χ1n) is 7.83. The topological polar surface area (TPSA) is 97.1 Å². The van der Waals surface area contributed by atoms with Gasteiger partial charge in [0.1, 0.15) is 6.04 Å². The minimum Gasteiger partial charge on any atom is -0.354 e. The summed E-state index contributed by atoms with van der Waals surface area (Å²) in [5.74, 6) is 1.14. The molecule has 0 aliphatic rings. The Morgan fingerprint density at radius 1 is 1.27 bits per heavy atom. The molecule has 0 bridgehead atoms. The second-order valence-electron chi connectivity index (χ2n) is 5.63. The molecule has 1 aromatic heterocycles. The standard InChI is InChI=1S/C15H26N4O3/c1-5-9-16-15(21)11(4)17-12(20)7-6-8-13-18-14(10(2)3)19-22-13/h10-11H,5-9H2,1-4H3,(H,16,21)(H,17,20)/t11-/m1/s1. The van der Waals surface area contributed by atoms with Crippen molar-refractivity contribution in [3.63, 3.8) is 0 Å². The van der Waals surface area contributed by atoms with Gasteiger partial charge in [0.05, 0.1) is 0 Å². The van der Waals surface area contributed by atoms with E-state index in [2.05, 4.69) is 20.8 Å². The van der Waals surface area contributed by atoms with Gasteiger partial charge >= 0.3 is 0 Å². The summed E-state index contributed by atoms with van der Waals surface area (Å²) in [4.78, 5) is 27.7. The lowest BCUT2D eigenvalue weighted by atomic mass is 10.2. The summed E-state index contributed by atoms with van der Waals surface area (Å²) in [6.07, 6.45) is 2.36. The summed E-state index contributed by atoms with van der Waals surface area (Å²) >= 11 is 0. The molecule has 124 valence electrons. The molecule has 0 aromatic carbocycles. The molecule has 1 atom stereocenters. The molecule has 0 unspecified atom stereocenters. The predicted molar refractivity (Wildman–Crippen MR) is 82.2 cm³/mol. The number of nitrogens with zero attached hydrogens (tertiary/aromatic N) is 2. The number of aromatic nitrogens is 2. The van der Waals surface area contributed by atoms with Gasteiger partial charge in [0.2, 0.25) is 17.7 Å². The molecule has 0 spiro atoms. The first-order chi connectivity index (χ1) is 10.4. The zero-order valence-corrected chi connectivity index (χ0v) is 13.8. The van der Waals surface area contributed by atoms with Crippen LogP contribution in [-0.4, -0.2) is 34.5 Å². The number of amides is 2. The van der Waals surface area contributed by atoms with Crippen LogP contribution in [-0.2, 0) is 16.0 Å². The Morgan fingerprint density at radius 3 is 2.59 bits per heavy atom. The van der Waals surface area contributed by atoms with E-state index in [0.717, 1.165) is 6.42 Å². The molecule has 1 heterocycles. The molecule has 7 nitrogen and oxygen atoms in total. The summed E-state index contributed by atoms with van der Waals surface area (Å²) < 4.78 is 5.11. The van der Waals surface area contributed by atoms with E-state index in [1.165, 1.54) is 0 Å². The van der Waals surface area contributed by atoms with Crippen LogP contribution in [0.25, 0.3) is 0 Å². The SMILES string of the molecule is CCCNC(=O)[C@@H](C)NC(=O)CCCc1nc(C(C)C)no1. The fourth-order valence-electron chi connectivity index (χ4n) is 1.78. The fraction of sp³-hybridized carbons (Fsp3) is 0.733. The van der Waals surface area contributed by atoms with Gasteiger partial charge in [-0.05, 0) is 19.8 Å². The zero-order chi connectivity index (χ0) is 16.5. The Kier molecular flexibility index (Phi) is 7.56. The third-order valence-corrected chi connectivity index (χ3v) is 3.11. The smallest absolute Gasteiger partial charge is 0.242 e. The van der Waals surface area contributed by atoms with Crippen LogP contribution in [0.1, 0.15) is 64.6 Å². The molecule has 22 heavy (non-hydrogen) atoms. The number of rotatable bonds is 9. The average molecular weight is 310 g/mol. The summed E-state index contributed by atoms with van der Waals surface area (Å²) in [6, 6.07) is -0.519. The van der Waals surface area contributed by atoms with Crippen LogP contribution in [0.2, 0.25) is 0 Å². The first-order valence-corrected chi connectivity index (χ1v) is 7.83. The molecular formula is C15H26N4O3. The molecule has 7 heteroatoms. The van der Waals surface area contributed by atoms with E-state index in [1.54, 1.807) is 6.92 Å². The largest absolute Gasteiger partial charge is 0.354 e. The lowest BCUT2D eigenvalue weighted by Crippen LogP contribution is -2.44. The maximum Gasteiger partial charge on any atom is 0.242 e. The lowest BCUT2D eigenvalue weighted by Gasteiger charge is -2.13. The molecule has 2 amide bonds. The van der Waals surface area contributed by atoms with Crippen molar-refractivity contribution in [2.24, 2.45) is 0 Å². The van der Waals surface area contributed by atoms with Gasteiger partial charge < -0.3 is 15.2 Å². The van der Waals surface area contributed by atoms with Gasteiger partial charge in [-0.2, -0.15) is 4.98 Å². The molecule has 0 saturated carbocycles. The Morgan fingerprint density at radius 2 is 2.00 bits per heavy atom. The van der Waals surface area contributed by atoms with Crippen molar-refractivity contribution in [2.75, 3.05) is 6.54 Å². The van der Waals surface area contributed by atoms with Crippen molar-refractivity contribution in [1.29, 1.82) is 0 Å². The van der Waals surface area contributed by atoms with Crippen LogP contribution in [0.5, 0.6) is 0 Å². The van der Waals surface area contributed by atoms with Crippen molar-refractivity contribution >= 4 is 11.8 Å². The normalized spacial score (nSPS) is 12.2. The number of hydrogen-bond donors (Lipinski definition) is 2. The molecule has 0 fully saturated rings. The van der Waals surface area contributed by atoms with Crippen molar-refractivity contribution in [3.8, 4) is 0 Å². The summed E-state index contributed by atoms with van der Waals surface area (Å²) in [5, 5.41) is 9.30. The Balaban J connectivity index is 2.26. The molecular weight excluding hydrogens is 284 g/mol. The number of carbonyl (C=O) groups is 2. The van der Waals surface area contributed by atoms with Crippen LogP contribution in [0.3, 0.4) is 0 Å². The molecule has 0 radical (unpaired) electrons. The molecule has 0 saturated heterocycles. The Hall–Kier alpha value is -1.92. The minimum absolute atomic E-state index is 0.150. The van der Waals surface area contributed by atoms with Gasteiger partial charge in [0.25, 0.3) is 0 Å². The third kappa shape index (κ3) is 6.24. The molecule has 0 aliphatic carbocycles. The fourth-order valence-corrected chi connectivity index (χ4v) is 1.78. The van der Waals surface area contributed by atoms with E-state index in [0.29, 0.717) is 37.5 Å². The quantitative estimate of drug-likeness (QED) is 0.721. The summed E-state index contributed by atoms with van der Waals surface area (Å²) in [7, 11) is 0. The first kappa shape index (κ1) is 18.1. The van der Waals surface area contributed by atoms with E-state index in [1.807, 2.05) is 20.8 Å². The summed E-state index contributed by atoms with van der Waals surface area (Å²) in [6.45, 7) is 8.26. The van der Waals surface area contributed by atoms with E-state index in [9.17, 15) is 9.59 Å². The average Bonchev–Trinajstić information content (AvgIpc) is 2.93. The molecule has 1 rings (SSSR count). The van der Waals surface area contributed by atoms with Gasteiger partial charge in [0.15, 0.2) is 5.82 Å². The van der Waals surface area contributed by atoms with Gasteiger partial charge in [0, 0.05) is 25.3 Å². The van der Waals surface area contributed by atoms with Gasteiger partial charge in [-0.3, -0.25) is 9.59 Å². The number of hydrogen-bond acceptors (Lipinski definition) is 5. The van der Waals surface area contributed by atoms with Crippen LogP contribution in [0, 0.1) is 0 Å². The van der Waals surface area contributed by atoms with Crippen LogP contribution >= 0.6 is 0 Å². The molecule has 0 aliphatic heterocycles. The number of nitrogens with one attached hydrogen (secondary N) is 2. The third-order valence-electron chi connectivity index (χ3n) is 3.11. The van der Waals surface area contributed by atoms with Gasteiger partial charge in [-0.25, -0.2) is 0 Å². The highest BCUT2D eigenvalue weighted by molar-refractivity contribution is 5.87. The number of carbonyl (C=O) groups excluding carboxylic acids is 2. The predicted octanol–water partition coefficient (Wildman–Crippen LogP) is 1.55. The van der Waals surface area contributed by atoms with E-state index >= 15 is 0 Å². The number of aryl methyl sites for hydroxylation is 1. The van der Waals surface area contributed by atoms with E-state index in [-0.39, 0.29) is 17.7 Å². The second kappa shape index (κ2) is 9.17. The lowest BCUT2D eigenvalue weighted by molar-refractivity contribution is -0.128. The van der Waals surface area contributed by atoms with Crippen LogP contribution in [0.4, 0.5) is 0 Å². The highest BCUT2D eigenvalue weighted by Crippen LogP contribution is 2.11. The maximum atomic E-state index is 11.8. The van der Waals surface area contributed by atoms with Crippen molar-refractivity contribution in [1.82, 2.24) is 20.8 Å². The van der Waals surface area contributed by atoms with Gasteiger partial charge in [-0.15, -0.1) is 0 Å². The van der Waals surface area contributed by atoms with Crippen LogP contribution < -0.4 is 10.6 Å². The highest BCUT2D eigenvalue weighted by Gasteiger charge is 2.15. The molecule has 2 N–H and O–H groups in total. The highest BCUT2D eigenvalue weighted by atomic mass is 16.5. The summed E-state index contributed by atoms with van der Waals surface area (Å²) in [5.41, 5.74) is 0. The van der Waals surface area contributed by atoms with Crippen molar-refractivity contribution in [2.45, 2.75) is 65.3 Å². The maximum absolute atomic E-state index is 11.8.